The van der Waals surface area contributed by atoms with Crippen molar-refractivity contribution in [3.63, 3.8) is 0 Å². The first-order valence-electron chi connectivity index (χ1n) is 6.38. The summed E-state index contributed by atoms with van der Waals surface area (Å²) in [5.41, 5.74) is 0.529. The highest BCUT2D eigenvalue weighted by molar-refractivity contribution is 5.93. The third-order valence-corrected chi connectivity index (χ3v) is 2.78. The predicted molar refractivity (Wildman–Crippen MR) is 72.2 cm³/mol. The molecule has 1 aromatic carbocycles. The molecule has 0 bridgehead atoms. The maximum absolute atomic E-state index is 11.7. The van der Waals surface area contributed by atoms with Crippen LogP contribution in [0.5, 0.6) is 11.5 Å². The molecule has 0 radical (unpaired) electrons. The molecule has 1 aliphatic heterocycles. The molecule has 0 unspecified atom stereocenters. The molecule has 114 valence electrons. The summed E-state index contributed by atoms with van der Waals surface area (Å²) >= 11 is 0. The van der Waals surface area contributed by atoms with Gasteiger partial charge in [0.15, 0.2) is 18.1 Å². The molecule has 2 heterocycles. The van der Waals surface area contributed by atoms with Gasteiger partial charge in [-0.3, -0.25) is 9.59 Å². The van der Waals surface area contributed by atoms with Crippen molar-refractivity contribution < 1.29 is 23.8 Å². The van der Waals surface area contributed by atoms with Crippen LogP contribution in [0.4, 0.5) is 5.69 Å². The SMILES string of the molecule is O=C(COC(=O)Cn1cncn1)Nc1ccc2c(c1)OCO2. The second-order valence-corrected chi connectivity index (χ2v) is 4.37. The normalized spacial score (nSPS) is 12.0. The summed E-state index contributed by atoms with van der Waals surface area (Å²) in [4.78, 5) is 26.9. The lowest BCUT2D eigenvalue weighted by molar-refractivity contribution is -0.148. The third kappa shape index (κ3) is 3.32. The second kappa shape index (κ2) is 6.12. The Labute approximate surface area is 124 Å². The number of nitrogens with one attached hydrogen (secondary N) is 1. The highest BCUT2D eigenvalue weighted by Crippen LogP contribution is 2.34. The molecule has 1 aliphatic rings. The number of esters is 1. The van der Waals surface area contributed by atoms with Crippen LogP contribution < -0.4 is 14.8 Å². The zero-order valence-corrected chi connectivity index (χ0v) is 11.4. The highest BCUT2D eigenvalue weighted by Gasteiger charge is 2.14. The first kappa shape index (κ1) is 13.9. The zero-order valence-electron chi connectivity index (χ0n) is 11.4. The van der Waals surface area contributed by atoms with Gasteiger partial charge in [-0.2, -0.15) is 5.10 Å². The molecule has 1 amide bonds. The van der Waals surface area contributed by atoms with Crippen LogP contribution >= 0.6 is 0 Å². The first-order valence-corrected chi connectivity index (χ1v) is 6.38. The summed E-state index contributed by atoms with van der Waals surface area (Å²) in [6, 6.07) is 4.99. The number of ether oxygens (including phenoxy) is 3. The van der Waals surface area contributed by atoms with E-state index in [1.165, 1.54) is 17.3 Å². The third-order valence-electron chi connectivity index (χ3n) is 2.78. The number of anilines is 1. The average molecular weight is 304 g/mol. The number of nitrogens with zero attached hydrogens (tertiary/aromatic N) is 3. The second-order valence-electron chi connectivity index (χ2n) is 4.37. The number of hydrogen-bond donors (Lipinski definition) is 1. The number of carbonyl (C=O) groups excluding carboxylic acids is 2. The molecule has 0 atom stereocenters. The van der Waals surface area contributed by atoms with Gasteiger partial charge < -0.3 is 19.5 Å². The van der Waals surface area contributed by atoms with Gasteiger partial charge in [0.2, 0.25) is 6.79 Å². The Morgan fingerprint density at radius 1 is 1.32 bits per heavy atom. The van der Waals surface area contributed by atoms with Crippen molar-refractivity contribution in [1.82, 2.24) is 14.8 Å². The van der Waals surface area contributed by atoms with Gasteiger partial charge >= 0.3 is 5.97 Å². The van der Waals surface area contributed by atoms with Crippen LogP contribution in [0.3, 0.4) is 0 Å². The minimum atomic E-state index is -0.577. The van der Waals surface area contributed by atoms with E-state index in [2.05, 4.69) is 15.4 Å². The molecule has 0 saturated heterocycles. The summed E-state index contributed by atoms with van der Waals surface area (Å²) < 4.78 is 16.5. The Morgan fingerprint density at radius 3 is 3.00 bits per heavy atom. The maximum atomic E-state index is 11.7. The Hall–Kier alpha value is -3.10. The monoisotopic (exact) mass is 304 g/mol. The van der Waals surface area contributed by atoms with Gasteiger partial charge in [-0.05, 0) is 12.1 Å². The summed E-state index contributed by atoms with van der Waals surface area (Å²) in [6.07, 6.45) is 2.69. The quantitative estimate of drug-likeness (QED) is 0.786. The smallest absolute Gasteiger partial charge is 0.328 e. The van der Waals surface area contributed by atoms with Crippen LogP contribution in [0.2, 0.25) is 0 Å². The van der Waals surface area contributed by atoms with E-state index in [0.29, 0.717) is 17.2 Å². The maximum Gasteiger partial charge on any atom is 0.328 e. The number of aromatic nitrogens is 3. The molecule has 2 aromatic rings. The lowest BCUT2D eigenvalue weighted by Crippen LogP contribution is -2.23. The Balaban J connectivity index is 1.47. The van der Waals surface area contributed by atoms with E-state index in [-0.39, 0.29) is 19.9 Å². The van der Waals surface area contributed by atoms with Crippen molar-refractivity contribution in [3.8, 4) is 11.5 Å². The number of carbonyl (C=O) groups is 2. The molecular weight excluding hydrogens is 292 g/mol. The topological polar surface area (TPSA) is 105 Å². The van der Waals surface area contributed by atoms with E-state index >= 15 is 0 Å². The Morgan fingerprint density at radius 2 is 2.18 bits per heavy atom. The van der Waals surface area contributed by atoms with Gasteiger partial charge in [0.05, 0.1) is 0 Å². The lowest BCUT2D eigenvalue weighted by Gasteiger charge is -2.07. The van der Waals surface area contributed by atoms with Gasteiger partial charge in [-0.1, -0.05) is 0 Å². The molecule has 0 spiro atoms. The van der Waals surface area contributed by atoms with Crippen LogP contribution in [-0.2, 0) is 20.9 Å². The molecule has 22 heavy (non-hydrogen) atoms. The van der Waals surface area contributed by atoms with Crippen molar-refractivity contribution in [3.05, 3.63) is 30.9 Å². The van der Waals surface area contributed by atoms with E-state index in [0.717, 1.165) is 0 Å². The summed E-state index contributed by atoms with van der Waals surface area (Å²) in [7, 11) is 0. The standard InChI is InChI=1S/C13H12N4O5/c18-12(5-20-13(19)4-17-7-14-6-15-17)16-9-1-2-10-11(3-9)22-8-21-10/h1-3,6-7H,4-5,8H2,(H,16,18). The van der Waals surface area contributed by atoms with Crippen molar-refractivity contribution in [1.29, 1.82) is 0 Å². The largest absolute Gasteiger partial charge is 0.454 e. The van der Waals surface area contributed by atoms with Gasteiger partial charge in [0, 0.05) is 11.8 Å². The van der Waals surface area contributed by atoms with Crippen molar-refractivity contribution in [2.75, 3.05) is 18.7 Å². The molecule has 0 aliphatic carbocycles. The van der Waals surface area contributed by atoms with E-state index in [1.54, 1.807) is 18.2 Å². The summed E-state index contributed by atoms with van der Waals surface area (Å²) in [5, 5.41) is 6.36. The molecule has 3 rings (SSSR count). The number of rotatable bonds is 5. The number of fused-ring (bicyclic) bond motifs is 1. The molecule has 0 fully saturated rings. The first-order chi connectivity index (χ1) is 10.7. The molecule has 0 saturated carbocycles. The van der Waals surface area contributed by atoms with Crippen molar-refractivity contribution in [2.45, 2.75) is 6.54 Å². The Kier molecular flexibility index (Phi) is 3.86. The number of hydrogen-bond acceptors (Lipinski definition) is 7. The molecular formula is C13H12N4O5. The number of amides is 1. The van der Waals surface area contributed by atoms with Gasteiger partial charge in [0.25, 0.3) is 5.91 Å². The highest BCUT2D eigenvalue weighted by atomic mass is 16.7. The fraction of sp³-hybridized carbons (Fsp3) is 0.231. The van der Waals surface area contributed by atoms with Crippen LogP contribution in [0.1, 0.15) is 0 Å². The Bertz CT molecular complexity index is 686. The number of benzene rings is 1. The minimum Gasteiger partial charge on any atom is -0.454 e. The van der Waals surface area contributed by atoms with Crippen LogP contribution in [0, 0.1) is 0 Å². The van der Waals surface area contributed by atoms with Crippen LogP contribution in [-0.4, -0.2) is 40.0 Å². The van der Waals surface area contributed by atoms with Crippen LogP contribution in [0.25, 0.3) is 0 Å². The zero-order chi connectivity index (χ0) is 15.4. The van der Waals surface area contributed by atoms with Gasteiger partial charge in [-0.15, -0.1) is 0 Å². The molecule has 1 N–H and O–H groups in total. The van der Waals surface area contributed by atoms with Crippen molar-refractivity contribution in [2.24, 2.45) is 0 Å². The van der Waals surface area contributed by atoms with Crippen molar-refractivity contribution >= 4 is 17.6 Å². The van der Waals surface area contributed by atoms with Gasteiger partial charge in [-0.25, -0.2) is 9.67 Å². The van der Waals surface area contributed by atoms with Gasteiger partial charge in [0.1, 0.15) is 19.2 Å². The van der Waals surface area contributed by atoms with E-state index in [1.807, 2.05) is 0 Å². The molecule has 1 aromatic heterocycles. The lowest BCUT2D eigenvalue weighted by atomic mass is 10.3. The summed E-state index contributed by atoms with van der Waals surface area (Å²) in [5.74, 6) is 0.148. The predicted octanol–water partition coefficient (Wildman–Crippen LogP) is 0.189. The van der Waals surface area contributed by atoms with E-state index in [9.17, 15) is 9.59 Å². The molecule has 9 heteroatoms. The minimum absolute atomic E-state index is 0.0999. The van der Waals surface area contributed by atoms with E-state index in [4.69, 9.17) is 14.2 Å². The fourth-order valence-corrected chi connectivity index (χ4v) is 1.81. The summed E-state index contributed by atoms with van der Waals surface area (Å²) in [6.45, 7) is -0.327. The van der Waals surface area contributed by atoms with E-state index < -0.39 is 11.9 Å². The molecule has 9 nitrogen and oxygen atoms in total. The fourth-order valence-electron chi connectivity index (χ4n) is 1.81. The average Bonchev–Trinajstić information content (AvgIpc) is 3.15. The van der Waals surface area contributed by atoms with Crippen LogP contribution in [0.15, 0.2) is 30.9 Å².